The van der Waals surface area contributed by atoms with E-state index in [1.165, 1.54) is 0 Å². The first-order valence-corrected chi connectivity index (χ1v) is 6.71. The second kappa shape index (κ2) is 6.45. The molecule has 0 radical (unpaired) electrons. The normalized spacial score (nSPS) is 12.2. The molecule has 0 aliphatic rings. The number of alkyl halides is 1. The Morgan fingerprint density at radius 2 is 2.25 bits per heavy atom. The fourth-order valence-electron chi connectivity index (χ4n) is 1.30. The number of benzene rings is 1. The molecule has 1 N–H and O–H groups in total. The van der Waals surface area contributed by atoms with E-state index in [1.807, 2.05) is 32.0 Å². The first-order valence-electron chi connectivity index (χ1n) is 5.19. The third kappa shape index (κ3) is 3.94. The molecule has 1 aromatic rings. The maximum absolute atomic E-state index is 11.8. The van der Waals surface area contributed by atoms with Crippen LogP contribution < -0.4 is 5.32 Å². The van der Waals surface area contributed by atoms with Gasteiger partial charge >= 0.3 is 0 Å². The summed E-state index contributed by atoms with van der Waals surface area (Å²) in [7, 11) is 0. The number of nitrogens with one attached hydrogen (secondary N) is 1. The summed E-state index contributed by atoms with van der Waals surface area (Å²) in [5.74, 6) is -0.0228. The van der Waals surface area contributed by atoms with Gasteiger partial charge in [-0.1, -0.05) is 12.1 Å². The lowest BCUT2D eigenvalue weighted by atomic mass is 10.1. The molecule has 0 saturated carbocycles. The number of carbonyl (C=O) groups is 1. The van der Waals surface area contributed by atoms with Crippen molar-refractivity contribution in [2.45, 2.75) is 25.6 Å². The van der Waals surface area contributed by atoms with Crippen molar-refractivity contribution in [3.8, 4) is 0 Å². The molecule has 0 aliphatic heterocycles. The van der Waals surface area contributed by atoms with Crippen LogP contribution in [-0.2, 0) is 0 Å². The molecule has 0 heterocycles. The van der Waals surface area contributed by atoms with Crippen LogP contribution in [0.25, 0.3) is 0 Å². The number of hydrogen-bond donors (Lipinski definition) is 1. The Hall–Kier alpha value is -0.290. The Kier molecular flexibility index (Phi) is 5.55. The van der Waals surface area contributed by atoms with E-state index in [-0.39, 0.29) is 11.3 Å². The second-order valence-corrected chi connectivity index (χ2v) is 5.59. The summed E-state index contributed by atoms with van der Waals surface area (Å²) in [5.41, 5.74) is 1.86. The quantitative estimate of drug-likeness (QED) is 0.654. The average molecular weight is 352 g/mol. The van der Waals surface area contributed by atoms with Crippen molar-refractivity contribution in [1.29, 1.82) is 0 Å². The first-order chi connectivity index (χ1) is 7.52. The third-order valence-corrected chi connectivity index (χ3v) is 3.91. The molecule has 0 spiro atoms. The molecular formula is C12H15ClINO. The van der Waals surface area contributed by atoms with Crippen molar-refractivity contribution in [2.75, 3.05) is 6.54 Å². The highest BCUT2D eigenvalue weighted by atomic mass is 127. The van der Waals surface area contributed by atoms with Gasteiger partial charge in [0.2, 0.25) is 0 Å². The maximum atomic E-state index is 11.8. The van der Waals surface area contributed by atoms with Crippen LogP contribution in [0.15, 0.2) is 18.2 Å². The predicted octanol–water partition coefficient (Wildman–Crippen LogP) is 3.35. The number of amides is 1. The van der Waals surface area contributed by atoms with Crippen LogP contribution in [0.3, 0.4) is 0 Å². The van der Waals surface area contributed by atoms with Crippen molar-refractivity contribution in [1.82, 2.24) is 5.32 Å². The van der Waals surface area contributed by atoms with E-state index in [9.17, 15) is 4.79 Å². The van der Waals surface area contributed by atoms with Crippen molar-refractivity contribution in [3.05, 3.63) is 32.9 Å². The van der Waals surface area contributed by atoms with Gasteiger partial charge in [0, 0.05) is 15.5 Å². The molecule has 4 heteroatoms. The van der Waals surface area contributed by atoms with Crippen LogP contribution in [0, 0.1) is 10.5 Å². The van der Waals surface area contributed by atoms with Crippen molar-refractivity contribution >= 4 is 40.1 Å². The average Bonchev–Trinajstić information content (AvgIpc) is 2.21. The van der Waals surface area contributed by atoms with Crippen molar-refractivity contribution in [3.63, 3.8) is 0 Å². The van der Waals surface area contributed by atoms with Gasteiger partial charge in [-0.05, 0) is 54.5 Å². The molecule has 1 atom stereocenters. The predicted molar refractivity (Wildman–Crippen MR) is 76.2 cm³/mol. The fourth-order valence-corrected chi connectivity index (χ4v) is 2.02. The highest BCUT2D eigenvalue weighted by Gasteiger charge is 2.10. The van der Waals surface area contributed by atoms with Crippen LogP contribution in [0.1, 0.15) is 29.3 Å². The molecular weight excluding hydrogens is 336 g/mol. The summed E-state index contributed by atoms with van der Waals surface area (Å²) in [6, 6.07) is 5.74. The van der Waals surface area contributed by atoms with E-state index in [1.54, 1.807) is 0 Å². The van der Waals surface area contributed by atoms with Gasteiger partial charge in [-0.3, -0.25) is 4.79 Å². The summed E-state index contributed by atoms with van der Waals surface area (Å²) in [4.78, 5) is 11.8. The number of halogens is 2. The highest BCUT2D eigenvalue weighted by Crippen LogP contribution is 2.16. The summed E-state index contributed by atoms with van der Waals surface area (Å²) < 4.78 is 1.01. The highest BCUT2D eigenvalue weighted by molar-refractivity contribution is 14.1. The van der Waals surface area contributed by atoms with E-state index in [0.717, 1.165) is 21.1 Å². The minimum Gasteiger partial charge on any atom is -0.352 e. The van der Waals surface area contributed by atoms with Gasteiger partial charge < -0.3 is 5.32 Å². The third-order valence-electron chi connectivity index (χ3n) is 2.26. The largest absolute Gasteiger partial charge is 0.352 e. The molecule has 1 unspecified atom stereocenters. The molecule has 1 amide bonds. The van der Waals surface area contributed by atoms with Gasteiger partial charge in [0.1, 0.15) is 0 Å². The Bertz CT molecular complexity index is 379. The molecule has 88 valence electrons. The molecule has 0 bridgehead atoms. The van der Waals surface area contributed by atoms with E-state index < -0.39 is 0 Å². The first kappa shape index (κ1) is 13.8. The van der Waals surface area contributed by atoms with Crippen LogP contribution in [0.5, 0.6) is 0 Å². The summed E-state index contributed by atoms with van der Waals surface area (Å²) >= 11 is 8.01. The summed E-state index contributed by atoms with van der Waals surface area (Å²) in [6.45, 7) is 4.54. The van der Waals surface area contributed by atoms with Gasteiger partial charge in [0.05, 0.1) is 5.56 Å². The molecule has 16 heavy (non-hydrogen) atoms. The summed E-state index contributed by atoms with van der Waals surface area (Å²) in [6.07, 6.45) is 0.787. The molecule has 0 aliphatic carbocycles. The van der Waals surface area contributed by atoms with Crippen molar-refractivity contribution in [2.24, 2.45) is 0 Å². The van der Waals surface area contributed by atoms with Gasteiger partial charge in [-0.2, -0.15) is 0 Å². The SMILES string of the molecule is Cc1cccc(C(=O)NCCC(C)Cl)c1I. The van der Waals surface area contributed by atoms with Gasteiger partial charge in [0.25, 0.3) is 5.91 Å². The number of carbonyl (C=O) groups excluding carboxylic acids is 1. The lowest BCUT2D eigenvalue weighted by molar-refractivity contribution is 0.0952. The van der Waals surface area contributed by atoms with E-state index >= 15 is 0 Å². The zero-order valence-electron chi connectivity index (χ0n) is 9.39. The molecule has 2 nitrogen and oxygen atoms in total. The van der Waals surface area contributed by atoms with Crippen LogP contribution in [-0.4, -0.2) is 17.8 Å². The minimum absolute atomic E-state index is 0.0228. The van der Waals surface area contributed by atoms with Crippen LogP contribution >= 0.6 is 34.2 Å². The zero-order valence-corrected chi connectivity index (χ0v) is 12.3. The minimum atomic E-state index is -0.0228. The standard InChI is InChI=1S/C12H15ClINO/c1-8-4-3-5-10(11(8)14)12(16)15-7-6-9(2)13/h3-5,9H,6-7H2,1-2H3,(H,15,16). The van der Waals surface area contributed by atoms with Gasteiger partial charge in [-0.25, -0.2) is 0 Å². The van der Waals surface area contributed by atoms with Gasteiger partial charge in [0.15, 0.2) is 0 Å². The molecule has 1 rings (SSSR count). The molecule has 0 fully saturated rings. The Labute approximate surface area is 115 Å². The van der Waals surface area contributed by atoms with Crippen LogP contribution in [0.2, 0.25) is 0 Å². The van der Waals surface area contributed by atoms with Crippen LogP contribution in [0.4, 0.5) is 0 Å². The maximum Gasteiger partial charge on any atom is 0.252 e. The Morgan fingerprint density at radius 3 is 2.88 bits per heavy atom. The van der Waals surface area contributed by atoms with E-state index in [2.05, 4.69) is 27.9 Å². The smallest absolute Gasteiger partial charge is 0.252 e. The Morgan fingerprint density at radius 1 is 1.56 bits per heavy atom. The lowest BCUT2D eigenvalue weighted by Crippen LogP contribution is -2.26. The molecule has 0 saturated heterocycles. The topological polar surface area (TPSA) is 29.1 Å². The van der Waals surface area contributed by atoms with Crippen molar-refractivity contribution < 1.29 is 4.79 Å². The second-order valence-electron chi connectivity index (χ2n) is 3.76. The number of rotatable bonds is 4. The molecule has 0 aromatic heterocycles. The lowest BCUT2D eigenvalue weighted by Gasteiger charge is -2.09. The zero-order chi connectivity index (χ0) is 12.1. The number of hydrogen-bond acceptors (Lipinski definition) is 1. The Balaban J connectivity index is 2.63. The van der Waals surface area contributed by atoms with E-state index in [4.69, 9.17) is 11.6 Å². The fraction of sp³-hybridized carbons (Fsp3) is 0.417. The summed E-state index contributed by atoms with van der Waals surface area (Å²) in [5, 5.41) is 2.96. The van der Waals surface area contributed by atoms with Gasteiger partial charge in [-0.15, -0.1) is 11.6 Å². The molecule has 1 aromatic carbocycles. The monoisotopic (exact) mass is 351 g/mol. The number of aryl methyl sites for hydroxylation is 1. The van der Waals surface area contributed by atoms with E-state index in [0.29, 0.717) is 6.54 Å².